The molecule has 1 rings (SSSR count). The minimum atomic E-state index is -0.431. The van der Waals surface area contributed by atoms with Crippen molar-refractivity contribution in [3.05, 3.63) is 0 Å². The molecule has 3 nitrogen and oxygen atoms in total. The van der Waals surface area contributed by atoms with Crippen LogP contribution < -0.4 is 0 Å². The van der Waals surface area contributed by atoms with Crippen molar-refractivity contribution in [2.75, 3.05) is 14.2 Å². The number of rotatable bonds is 3. The van der Waals surface area contributed by atoms with E-state index in [4.69, 9.17) is 9.47 Å². The second kappa shape index (κ2) is 4.75. The van der Waals surface area contributed by atoms with E-state index in [-0.39, 0.29) is 0 Å². The molecule has 2 atom stereocenters. The maximum absolute atomic E-state index is 5.53. The van der Waals surface area contributed by atoms with Gasteiger partial charge in [-0.3, -0.25) is 4.90 Å². The predicted octanol–water partition coefficient (Wildman–Crippen LogP) is 0.519. The summed E-state index contributed by atoms with van der Waals surface area (Å²) < 4.78 is 11.1. The highest BCUT2D eigenvalue weighted by molar-refractivity contribution is 6.13. The first kappa shape index (κ1) is 12.2. The zero-order chi connectivity index (χ0) is 10.8. The number of methoxy groups -OCH3 is 2. The largest absolute Gasteiger partial charge is 0.345 e. The molecule has 0 aromatic carbocycles. The number of ether oxygens (including phenoxy) is 2. The van der Waals surface area contributed by atoms with Gasteiger partial charge in [0.05, 0.1) is 10.2 Å². The maximum atomic E-state index is 5.53. The Kier molecular flexibility index (Phi) is 4.12. The second-order valence-electron chi connectivity index (χ2n) is 4.34. The van der Waals surface area contributed by atoms with E-state index >= 15 is 0 Å². The van der Waals surface area contributed by atoms with Gasteiger partial charge in [-0.2, -0.15) is 0 Å². The van der Waals surface area contributed by atoms with Crippen LogP contribution in [0.15, 0.2) is 0 Å². The number of piperidine rings is 1. The van der Waals surface area contributed by atoms with Gasteiger partial charge in [0.1, 0.15) is 0 Å². The molecule has 84 valence electrons. The Hall–Kier alpha value is 0.0969. The number of nitrogens with zero attached hydrogens (tertiary/aromatic N) is 1. The van der Waals surface area contributed by atoms with E-state index in [9.17, 15) is 0 Å². The molecule has 1 heterocycles. The Bertz CT molecular complexity index is 175. The molecule has 0 spiro atoms. The van der Waals surface area contributed by atoms with E-state index in [1.54, 1.807) is 14.2 Å². The van der Waals surface area contributed by atoms with Crippen LogP contribution in [0.2, 0.25) is 0 Å². The van der Waals surface area contributed by atoms with Gasteiger partial charge in [0, 0.05) is 26.3 Å². The minimum Gasteiger partial charge on any atom is -0.345 e. The van der Waals surface area contributed by atoms with Gasteiger partial charge in [-0.1, -0.05) is 6.42 Å². The van der Waals surface area contributed by atoms with Crippen LogP contribution >= 0.6 is 0 Å². The van der Waals surface area contributed by atoms with E-state index in [1.165, 1.54) is 19.3 Å². The first-order valence-electron chi connectivity index (χ1n) is 5.44. The van der Waals surface area contributed by atoms with Crippen molar-refractivity contribution in [3.8, 4) is 0 Å². The van der Waals surface area contributed by atoms with Crippen molar-refractivity contribution in [1.82, 2.24) is 4.90 Å². The highest BCUT2D eigenvalue weighted by atomic mass is 28.1. The Labute approximate surface area is 90.2 Å². The van der Waals surface area contributed by atoms with Crippen LogP contribution in [0, 0.1) is 0 Å². The van der Waals surface area contributed by atoms with Gasteiger partial charge in [-0.05, 0) is 26.7 Å². The van der Waals surface area contributed by atoms with Crippen molar-refractivity contribution in [2.24, 2.45) is 0 Å². The standard InChI is InChI=1S/C10H23NO2Si/c1-8-6-5-7-9(2)11(8)10(14,12-3)13-4/h8-9H,5-7H2,1-4,14H3/t8-,9-/m0/s1. The fraction of sp³-hybridized carbons (Fsp3) is 1.00. The first-order valence-corrected chi connectivity index (χ1v) is 6.44. The summed E-state index contributed by atoms with van der Waals surface area (Å²) in [5.41, 5.74) is -0.431. The molecule has 0 saturated carbocycles. The zero-order valence-electron chi connectivity index (χ0n) is 10.0. The van der Waals surface area contributed by atoms with Gasteiger partial charge in [-0.15, -0.1) is 0 Å². The van der Waals surface area contributed by atoms with Crippen LogP contribution in [-0.2, 0) is 9.47 Å². The number of hydrogen-bond donors (Lipinski definition) is 0. The molecule has 0 amide bonds. The molecule has 1 aliphatic heterocycles. The van der Waals surface area contributed by atoms with Crippen LogP contribution in [-0.4, -0.2) is 47.0 Å². The lowest BCUT2D eigenvalue weighted by atomic mass is 9.98. The summed E-state index contributed by atoms with van der Waals surface area (Å²) in [5, 5.41) is 0. The van der Waals surface area contributed by atoms with Crippen molar-refractivity contribution in [2.45, 2.75) is 50.7 Å². The van der Waals surface area contributed by atoms with Crippen LogP contribution in [0.4, 0.5) is 0 Å². The quantitative estimate of drug-likeness (QED) is 0.508. The summed E-state index contributed by atoms with van der Waals surface area (Å²) in [6.07, 6.45) is 3.83. The summed E-state index contributed by atoms with van der Waals surface area (Å²) in [4.78, 5) is 2.39. The van der Waals surface area contributed by atoms with Crippen LogP contribution in [0.5, 0.6) is 0 Å². The summed E-state index contributed by atoms with van der Waals surface area (Å²) in [5.74, 6) is 0. The highest BCUT2D eigenvalue weighted by Gasteiger charge is 2.39. The molecular weight excluding hydrogens is 194 g/mol. The van der Waals surface area contributed by atoms with Gasteiger partial charge < -0.3 is 9.47 Å². The predicted molar refractivity (Wildman–Crippen MR) is 61.3 cm³/mol. The van der Waals surface area contributed by atoms with Gasteiger partial charge in [0.2, 0.25) is 0 Å². The molecular formula is C10H23NO2Si. The smallest absolute Gasteiger partial charge is 0.196 e. The maximum Gasteiger partial charge on any atom is 0.196 e. The molecule has 0 N–H and O–H groups in total. The molecule has 1 fully saturated rings. The van der Waals surface area contributed by atoms with E-state index < -0.39 is 5.53 Å². The van der Waals surface area contributed by atoms with Gasteiger partial charge in [-0.25, -0.2) is 0 Å². The number of hydrogen-bond acceptors (Lipinski definition) is 3. The van der Waals surface area contributed by atoms with E-state index in [0.29, 0.717) is 12.1 Å². The average molecular weight is 217 g/mol. The third-order valence-electron chi connectivity index (χ3n) is 3.42. The second-order valence-corrected chi connectivity index (χ2v) is 5.61. The summed E-state index contributed by atoms with van der Waals surface area (Å²) in [6, 6.07) is 1.13. The lowest BCUT2D eigenvalue weighted by molar-refractivity contribution is -0.261. The summed E-state index contributed by atoms with van der Waals surface area (Å²) >= 11 is 0. The Morgan fingerprint density at radius 2 is 1.57 bits per heavy atom. The first-order chi connectivity index (χ1) is 6.55. The molecule has 0 aromatic heterocycles. The van der Waals surface area contributed by atoms with Gasteiger partial charge in [0.15, 0.2) is 5.53 Å². The third-order valence-corrected chi connectivity index (χ3v) is 4.75. The van der Waals surface area contributed by atoms with Crippen molar-refractivity contribution in [1.29, 1.82) is 0 Å². The molecule has 0 aromatic rings. The summed E-state index contributed by atoms with van der Waals surface area (Å²) in [6.45, 7) is 4.53. The molecule has 0 aliphatic carbocycles. The van der Waals surface area contributed by atoms with Crippen molar-refractivity contribution in [3.63, 3.8) is 0 Å². The lowest BCUT2D eigenvalue weighted by Gasteiger charge is -2.48. The monoisotopic (exact) mass is 217 g/mol. The Morgan fingerprint density at radius 3 is 1.93 bits per heavy atom. The Balaban J connectivity index is 2.80. The summed E-state index contributed by atoms with van der Waals surface area (Å²) in [7, 11) is 4.35. The van der Waals surface area contributed by atoms with Gasteiger partial charge >= 0.3 is 0 Å². The molecule has 0 bridgehead atoms. The van der Waals surface area contributed by atoms with Crippen molar-refractivity contribution >= 4 is 10.2 Å². The molecule has 14 heavy (non-hydrogen) atoms. The Morgan fingerprint density at radius 1 is 1.14 bits per heavy atom. The molecule has 0 radical (unpaired) electrons. The normalized spacial score (nSPS) is 30.9. The zero-order valence-corrected chi connectivity index (χ0v) is 12.0. The number of likely N-dealkylation sites (tertiary alicyclic amines) is 1. The topological polar surface area (TPSA) is 21.7 Å². The van der Waals surface area contributed by atoms with Gasteiger partial charge in [0.25, 0.3) is 0 Å². The fourth-order valence-corrected chi connectivity index (χ4v) is 3.40. The molecule has 4 heteroatoms. The molecule has 0 unspecified atom stereocenters. The fourth-order valence-electron chi connectivity index (χ4n) is 2.52. The van der Waals surface area contributed by atoms with Crippen LogP contribution in [0.25, 0.3) is 0 Å². The van der Waals surface area contributed by atoms with E-state index in [2.05, 4.69) is 18.7 Å². The molecule has 1 aliphatic rings. The van der Waals surface area contributed by atoms with Crippen LogP contribution in [0.3, 0.4) is 0 Å². The van der Waals surface area contributed by atoms with E-state index in [0.717, 1.165) is 10.2 Å². The van der Waals surface area contributed by atoms with E-state index in [1.807, 2.05) is 0 Å². The van der Waals surface area contributed by atoms with Crippen molar-refractivity contribution < 1.29 is 9.47 Å². The SMILES string of the molecule is COC([SiH3])(OC)N1[C@@H](C)CCC[C@@H]1C. The average Bonchev–Trinajstić information content (AvgIpc) is 2.17. The lowest BCUT2D eigenvalue weighted by Crippen LogP contribution is -2.60. The third kappa shape index (κ3) is 2.19. The molecule has 1 saturated heterocycles. The minimum absolute atomic E-state index is 0.431. The van der Waals surface area contributed by atoms with Crippen LogP contribution in [0.1, 0.15) is 33.1 Å². The highest BCUT2D eigenvalue weighted by Crippen LogP contribution is 2.29.